The van der Waals surface area contributed by atoms with Crippen LogP contribution in [0.3, 0.4) is 0 Å². The van der Waals surface area contributed by atoms with Crippen LogP contribution in [0.2, 0.25) is 0 Å². The summed E-state index contributed by atoms with van der Waals surface area (Å²) in [5.41, 5.74) is 7.81. The first-order valence-corrected chi connectivity index (χ1v) is 13.5. The molecule has 2 saturated heterocycles. The Morgan fingerprint density at radius 2 is 1.84 bits per heavy atom. The fourth-order valence-corrected chi connectivity index (χ4v) is 4.87. The molecule has 0 bridgehead atoms. The molecule has 3 heterocycles. The summed E-state index contributed by atoms with van der Waals surface area (Å²) in [6.07, 6.45) is 1.26. The third-order valence-corrected chi connectivity index (χ3v) is 7.06. The van der Waals surface area contributed by atoms with Gasteiger partial charge in [-0.3, -0.25) is 24.3 Å². The number of hydrogen-bond donors (Lipinski definition) is 1. The summed E-state index contributed by atoms with van der Waals surface area (Å²) in [6.45, 7) is 7.09. The molecule has 198 valence electrons. The Hall–Kier alpha value is -3.28. The van der Waals surface area contributed by atoms with Crippen molar-refractivity contribution in [1.82, 2.24) is 9.80 Å². The van der Waals surface area contributed by atoms with Crippen molar-refractivity contribution in [2.75, 3.05) is 57.3 Å². The van der Waals surface area contributed by atoms with Gasteiger partial charge in [-0.15, -0.1) is 0 Å². The van der Waals surface area contributed by atoms with Crippen molar-refractivity contribution in [1.29, 1.82) is 0 Å². The molecule has 2 aromatic rings. The minimum absolute atomic E-state index is 0.123. The average molecular weight is 528 g/mol. The summed E-state index contributed by atoms with van der Waals surface area (Å²) >= 11 is 1.42. The lowest BCUT2D eigenvalue weighted by Crippen LogP contribution is -2.50. The maximum Gasteiger partial charge on any atom is 0.414 e. The normalized spacial score (nSPS) is 19.2. The second kappa shape index (κ2) is 12.8. The van der Waals surface area contributed by atoms with Crippen molar-refractivity contribution in [3.63, 3.8) is 0 Å². The number of unbranched alkanes of at least 4 members (excludes halogenated alkanes) is 1. The Bertz CT molecular complexity index is 1100. The van der Waals surface area contributed by atoms with Crippen molar-refractivity contribution in [3.05, 3.63) is 52.2 Å². The molecule has 11 heteroatoms. The lowest BCUT2D eigenvalue weighted by atomic mass is 10.1. The zero-order valence-electron chi connectivity index (χ0n) is 21.0. The number of hydrogen-bond acceptors (Lipinski definition) is 8. The van der Waals surface area contributed by atoms with Gasteiger partial charge in [0.05, 0.1) is 25.3 Å². The first kappa shape index (κ1) is 26.8. The van der Waals surface area contributed by atoms with E-state index in [9.17, 15) is 14.4 Å². The highest BCUT2D eigenvalue weighted by Crippen LogP contribution is 2.23. The lowest BCUT2D eigenvalue weighted by Gasteiger charge is -2.34. The quantitative estimate of drug-likeness (QED) is 0.217. The Morgan fingerprint density at radius 1 is 1.11 bits per heavy atom. The van der Waals surface area contributed by atoms with Gasteiger partial charge in [-0.2, -0.15) is 16.3 Å². The number of anilines is 1. The second-order valence-corrected chi connectivity index (χ2v) is 9.91. The van der Waals surface area contributed by atoms with Crippen molar-refractivity contribution in [3.8, 4) is 0 Å². The summed E-state index contributed by atoms with van der Waals surface area (Å²) in [5, 5.41) is 3.53. The van der Waals surface area contributed by atoms with Crippen LogP contribution in [0.1, 0.15) is 35.7 Å². The minimum Gasteiger partial charge on any atom is -0.465 e. The number of nitrogens with zero attached hydrogens (tertiary/aromatic N) is 4. The zero-order valence-corrected chi connectivity index (χ0v) is 21.8. The van der Waals surface area contributed by atoms with Gasteiger partial charge < -0.3 is 15.2 Å². The summed E-state index contributed by atoms with van der Waals surface area (Å²) < 4.78 is 10.9. The van der Waals surface area contributed by atoms with Gasteiger partial charge in [0.2, 0.25) is 0 Å². The van der Waals surface area contributed by atoms with E-state index in [-0.39, 0.29) is 29.9 Å². The van der Waals surface area contributed by atoms with Crippen LogP contribution in [0.5, 0.6) is 0 Å². The molecule has 10 nitrogen and oxygen atoms in total. The lowest BCUT2D eigenvalue weighted by molar-refractivity contribution is -0.145. The molecule has 0 radical (unpaired) electrons. The number of aliphatic imine (C=N–C) groups is 1. The van der Waals surface area contributed by atoms with Crippen LogP contribution in [-0.2, 0) is 14.3 Å². The maximum absolute atomic E-state index is 12.5. The molecular formula is C26H33N5O5S. The molecule has 1 aromatic heterocycles. The van der Waals surface area contributed by atoms with Gasteiger partial charge in [0.1, 0.15) is 11.9 Å². The van der Waals surface area contributed by atoms with Gasteiger partial charge in [-0.1, -0.05) is 13.3 Å². The van der Waals surface area contributed by atoms with E-state index in [1.54, 1.807) is 40.6 Å². The number of carbonyl (C=O) groups is 3. The standard InChI is InChI=1S/C26H33N5O5S/c1-2-3-13-35-23(32)17-30-11-9-29(10-12-30)15-22-16-31(26(34)36-22)21-6-4-19(5-7-21)24(27)28-25(33)20-8-14-37-18-20/h4-8,14,18,22H,2-3,9-13,15-17H2,1H3,(H2,27,28,33). The van der Waals surface area contributed by atoms with Crippen LogP contribution in [0.25, 0.3) is 0 Å². The molecular weight excluding hydrogens is 494 g/mol. The first-order valence-electron chi connectivity index (χ1n) is 12.5. The van der Waals surface area contributed by atoms with E-state index in [0.29, 0.717) is 43.1 Å². The molecule has 2 aliphatic heterocycles. The predicted octanol–water partition coefficient (Wildman–Crippen LogP) is 2.58. The number of benzene rings is 1. The van der Waals surface area contributed by atoms with Crippen LogP contribution in [-0.4, -0.2) is 92.1 Å². The number of cyclic esters (lactones) is 1. The van der Waals surface area contributed by atoms with Gasteiger partial charge in [0.25, 0.3) is 5.91 Å². The van der Waals surface area contributed by atoms with E-state index >= 15 is 0 Å². The van der Waals surface area contributed by atoms with Crippen LogP contribution in [0.15, 0.2) is 46.1 Å². The zero-order chi connectivity index (χ0) is 26.2. The first-order chi connectivity index (χ1) is 17.9. The van der Waals surface area contributed by atoms with E-state index in [1.807, 2.05) is 5.38 Å². The molecule has 37 heavy (non-hydrogen) atoms. The van der Waals surface area contributed by atoms with E-state index < -0.39 is 0 Å². The van der Waals surface area contributed by atoms with Crippen LogP contribution in [0, 0.1) is 0 Å². The number of amidine groups is 1. The number of nitrogens with two attached hydrogens (primary N) is 1. The van der Waals surface area contributed by atoms with Crippen molar-refractivity contribution < 1.29 is 23.9 Å². The molecule has 2 amide bonds. The molecule has 4 rings (SSSR count). The fourth-order valence-electron chi connectivity index (χ4n) is 4.24. The smallest absolute Gasteiger partial charge is 0.414 e. The maximum atomic E-state index is 12.5. The Balaban J connectivity index is 1.24. The molecule has 0 aliphatic carbocycles. The highest BCUT2D eigenvalue weighted by atomic mass is 32.1. The summed E-state index contributed by atoms with van der Waals surface area (Å²) in [7, 11) is 0. The third-order valence-electron chi connectivity index (χ3n) is 6.38. The van der Waals surface area contributed by atoms with Crippen molar-refractivity contribution in [2.24, 2.45) is 10.7 Å². The number of esters is 1. The molecule has 1 atom stereocenters. The van der Waals surface area contributed by atoms with Gasteiger partial charge in [-0.05, 0) is 42.1 Å². The van der Waals surface area contributed by atoms with Gasteiger partial charge in [-0.25, -0.2) is 4.79 Å². The Labute approximate surface area is 220 Å². The number of amides is 2. The van der Waals surface area contributed by atoms with E-state index in [1.165, 1.54) is 11.3 Å². The van der Waals surface area contributed by atoms with E-state index in [4.69, 9.17) is 15.2 Å². The number of piperazine rings is 1. The number of thiophene rings is 1. The topological polar surface area (TPSA) is 118 Å². The van der Waals surface area contributed by atoms with Crippen LogP contribution in [0.4, 0.5) is 10.5 Å². The third kappa shape index (κ3) is 7.37. The molecule has 0 spiro atoms. The molecule has 0 saturated carbocycles. The second-order valence-electron chi connectivity index (χ2n) is 9.13. The highest BCUT2D eigenvalue weighted by Gasteiger charge is 2.34. The van der Waals surface area contributed by atoms with Crippen molar-refractivity contribution in [2.45, 2.75) is 25.9 Å². The SMILES string of the molecule is CCCCOC(=O)CN1CCN(CC2CN(c3ccc(C(N)=NC(=O)c4ccsc4)cc3)C(=O)O2)CC1. The molecule has 2 aliphatic rings. The fraction of sp³-hybridized carbons (Fsp3) is 0.462. The average Bonchev–Trinajstić information content (AvgIpc) is 3.56. The molecule has 1 unspecified atom stereocenters. The predicted molar refractivity (Wildman–Crippen MR) is 142 cm³/mol. The van der Waals surface area contributed by atoms with Gasteiger partial charge in [0, 0.05) is 49.4 Å². The molecule has 1 aromatic carbocycles. The summed E-state index contributed by atoms with van der Waals surface area (Å²) in [4.78, 5) is 46.6. The number of rotatable bonds is 10. The van der Waals surface area contributed by atoms with E-state index in [0.717, 1.165) is 39.0 Å². The van der Waals surface area contributed by atoms with Crippen LogP contribution < -0.4 is 10.6 Å². The van der Waals surface area contributed by atoms with Crippen molar-refractivity contribution >= 4 is 40.8 Å². The largest absolute Gasteiger partial charge is 0.465 e. The molecule has 2 N–H and O–H groups in total. The Kier molecular flexibility index (Phi) is 9.26. The highest BCUT2D eigenvalue weighted by molar-refractivity contribution is 7.08. The minimum atomic E-state index is -0.388. The summed E-state index contributed by atoms with van der Waals surface area (Å²) in [6, 6.07) is 8.72. The summed E-state index contributed by atoms with van der Waals surface area (Å²) in [5.74, 6) is -0.435. The number of carbonyl (C=O) groups excluding carboxylic acids is 3. The molecule has 2 fully saturated rings. The number of ether oxygens (including phenoxy) is 2. The van der Waals surface area contributed by atoms with E-state index in [2.05, 4.69) is 21.7 Å². The monoisotopic (exact) mass is 527 g/mol. The van der Waals surface area contributed by atoms with Gasteiger partial charge >= 0.3 is 12.1 Å². The van der Waals surface area contributed by atoms with Crippen LogP contribution >= 0.6 is 11.3 Å². The van der Waals surface area contributed by atoms with Gasteiger partial charge in [0.15, 0.2) is 0 Å². The Morgan fingerprint density at radius 3 is 2.51 bits per heavy atom.